The van der Waals surface area contributed by atoms with Crippen molar-refractivity contribution in [3.8, 4) is 0 Å². The van der Waals surface area contributed by atoms with Crippen molar-refractivity contribution in [1.29, 1.82) is 0 Å². The number of carbonyl (C=O) groups is 1. The van der Waals surface area contributed by atoms with Crippen LogP contribution in [0.1, 0.15) is 37.1 Å². The van der Waals surface area contributed by atoms with Gasteiger partial charge in [-0.3, -0.25) is 9.78 Å². The Bertz CT molecular complexity index is 688. The van der Waals surface area contributed by atoms with Crippen LogP contribution < -0.4 is 0 Å². The first kappa shape index (κ1) is 17.0. The average Bonchev–Trinajstić information content (AvgIpc) is 3.05. The van der Waals surface area contributed by atoms with Crippen molar-refractivity contribution in [1.82, 2.24) is 24.6 Å². The second-order valence-corrected chi connectivity index (χ2v) is 6.78. The van der Waals surface area contributed by atoms with Crippen LogP contribution in [0.2, 0.25) is 0 Å². The predicted octanol–water partition coefficient (Wildman–Crippen LogP) is 2.36. The van der Waals surface area contributed by atoms with Crippen LogP contribution in [0.3, 0.4) is 0 Å². The summed E-state index contributed by atoms with van der Waals surface area (Å²) in [4.78, 5) is 18.7. The van der Waals surface area contributed by atoms with E-state index < -0.39 is 0 Å². The highest BCUT2D eigenvalue weighted by atomic mass is 32.2. The zero-order chi connectivity index (χ0) is 16.9. The minimum atomic E-state index is 0.167. The molecule has 1 fully saturated rings. The molecule has 1 aliphatic heterocycles. The third kappa shape index (κ3) is 3.61. The number of hydrogen-bond acceptors (Lipinski definition) is 5. The Morgan fingerprint density at radius 3 is 3.00 bits per heavy atom. The largest absolute Gasteiger partial charge is 0.342 e. The number of pyridine rings is 1. The number of piperidine rings is 1. The Labute approximate surface area is 146 Å². The molecule has 2 aromatic rings. The highest BCUT2D eigenvalue weighted by molar-refractivity contribution is 7.98. The highest BCUT2D eigenvalue weighted by Gasteiger charge is 2.28. The molecule has 128 valence electrons. The molecule has 7 heteroatoms. The normalized spacial score (nSPS) is 17.9. The molecule has 3 rings (SSSR count). The molecule has 2 aromatic heterocycles. The Morgan fingerprint density at radius 1 is 1.42 bits per heavy atom. The first-order valence-electron chi connectivity index (χ1n) is 8.36. The molecular formula is C17H23N5OS. The van der Waals surface area contributed by atoms with E-state index in [4.69, 9.17) is 0 Å². The van der Waals surface area contributed by atoms with Gasteiger partial charge in [0.2, 0.25) is 5.91 Å². The summed E-state index contributed by atoms with van der Waals surface area (Å²) in [5.41, 5.74) is 0.964. The lowest BCUT2D eigenvalue weighted by molar-refractivity contribution is -0.131. The van der Waals surface area contributed by atoms with E-state index in [0.717, 1.165) is 49.0 Å². The van der Waals surface area contributed by atoms with E-state index in [-0.39, 0.29) is 11.8 Å². The minimum absolute atomic E-state index is 0.167. The third-order valence-electron chi connectivity index (χ3n) is 4.46. The van der Waals surface area contributed by atoms with Gasteiger partial charge < -0.3 is 9.47 Å². The monoisotopic (exact) mass is 345 g/mol. The molecule has 1 amide bonds. The summed E-state index contributed by atoms with van der Waals surface area (Å²) in [6, 6.07) is 3.82. The summed E-state index contributed by atoms with van der Waals surface area (Å²) in [7, 11) is 0. The van der Waals surface area contributed by atoms with Crippen LogP contribution in [0, 0.1) is 0 Å². The summed E-state index contributed by atoms with van der Waals surface area (Å²) in [5, 5.41) is 9.64. The molecule has 0 N–H and O–H groups in total. The van der Waals surface area contributed by atoms with Crippen molar-refractivity contribution in [3.63, 3.8) is 0 Å². The first-order chi connectivity index (χ1) is 11.7. The van der Waals surface area contributed by atoms with Crippen LogP contribution in [-0.4, -0.2) is 49.9 Å². The summed E-state index contributed by atoms with van der Waals surface area (Å²) in [6.45, 7) is 4.52. The number of rotatable bonds is 5. The molecule has 0 aliphatic carbocycles. The van der Waals surface area contributed by atoms with Crippen LogP contribution >= 0.6 is 11.8 Å². The van der Waals surface area contributed by atoms with E-state index in [0.29, 0.717) is 6.42 Å². The third-order valence-corrected chi connectivity index (χ3v) is 5.13. The van der Waals surface area contributed by atoms with Crippen molar-refractivity contribution in [2.45, 2.75) is 43.8 Å². The van der Waals surface area contributed by atoms with Crippen LogP contribution in [-0.2, 0) is 17.8 Å². The summed E-state index contributed by atoms with van der Waals surface area (Å²) in [5.74, 6) is 1.45. The standard InChI is InChI=1S/C17H23N5OS/c1-3-22-16(19-20-17(22)24-2)14-7-5-9-21(12-14)15(23)10-13-6-4-8-18-11-13/h4,6,8,11,14H,3,5,7,9-10,12H2,1-2H3/t14-/m0/s1. The summed E-state index contributed by atoms with van der Waals surface area (Å²) < 4.78 is 2.17. The fourth-order valence-electron chi connectivity index (χ4n) is 3.25. The SMILES string of the molecule is CCn1c(SC)nnc1[C@H]1CCCN(C(=O)Cc2cccnc2)C1. The highest BCUT2D eigenvalue weighted by Crippen LogP contribution is 2.28. The number of hydrogen-bond donors (Lipinski definition) is 0. The fourth-order valence-corrected chi connectivity index (χ4v) is 3.82. The second-order valence-electron chi connectivity index (χ2n) is 6.01. The van der Waals surface area contributed by atoms with E-state index in [1.807, 2.05) is 23.3 Å². The van der Waals surface area contributed by atoms with Gasteiger partial charge >= 0.3 is 0 Å². The van der Waals surface area contributed by atoms with Crippen LogP contribution in [0.15, 0.2) is 29.7 Å². The summed E-state index contributed by atoms with van der Waals surface area (Å²) in [6.07, 6.45) is 7.99. The maximum atomic E-state index is 12.6. The molecule has 1 aliphatic rings. The molecule has 0 saturated carbocycles. The van der Waals surface area contributed by atoms with Gasteiger partial charge in [0.1, 0.15) is 5.82 Å². The Hall–Kier alpha value is -1.89. The number of amides is 1. The average molecular weight is 345 g/mol. The van der Waals surface area contributed by atoms with Gasteiger partial charge in [-0.1, -0.05) is 17.8 Å². The van der Waals surface area contributed by atoms with E-state index >= 15 is 0 Å². The predicted molar refractivity (Wildman–Crippen MR) is 94.0 cm³/mol. The van der Waals surface area contributed by atoms with E-state index in [2.05, 4.69) is 26.7 Å². The maximum absolute atomic E-state index is 12.6. The molecule has 0 radical (unpaired) electrons. The molecule has 0 unspecified atom stereocenters. The van der Waals surface area contributed by atoms with Crippen molar-refractivity contribution in [2.75, 3.05) is 19.3 Å². The molecule has 1 saturated heterocycles. The zero-order valence-electron chi connectivity index (χ0n) is 14.2. The molecule has 6 nitrogen and oxygen atoms in total. The quantitative estimate of drug-likeness (QED) is 0.779. The zero-order valence-corrected chi connectivity index (χ0v) is 15.0. The molecule has 3 heterocycles. The Morgan fingerprint density at radius 2 is 2.29 bits per heavy atom. The molecular weight excluding hydrogens is 322 g/mol. The van der Waals surface area contributed by atoms with Crippen LogP contribution in [0.25, 0.3) is 0 Å². The number of carbonyl (C=O) groups excluding carboxylic acids is 1. The second kappa shape index (κ2) is 7.79. The van der Waals surface area contributed by atoms with E-state index in [1.165, 1.54) is 0 Å². The molecule has 0 bridgehead atoms. The van der Waals surface area contributed by atoms with Crippen molar-refractivity contribution in [3.05, 3.63) is 35.9 Å². The van der Waals surface area contributed by atoms with Gasteiger partial charge in [0.15, 0.2) is 5.16 Å². The van der Waals surface area contributed by atoms with Crippen molar-refractivity contribution in [2.24, 2.45) is 0 Å². The van der Waals surface area contributed by atoms with E-state index in [1.54, 1.807) is 24.2 Å². The van der Waals surface area contributed by atoms with Gasteiger partial charge in [0.25, 0.3) is 0 Å². The molecule has 0 aromatic carbocycles. The Balaban J connectivity index is 1.70. The topological polar surface area (TPSA) is 63.9 Å². The molecule has 0 spiro atoms. The summed E-state index contributed by atoms with van der Waals surface area (Å²) >= 11 is 1.62. The van der Waals surface area contributed by atoms with Gasteiger partial charge in [-0.2, -0.15) is 0 Å². The number of likely N-dealkylation sites (tertiary alicyclic amines) is 1. The van der Waals surface area contributed by atoms with Crippen LogP contribution in [0.5, 0.6) is 0 Å². The lowest BCUT2D eigenvalue weighted by atomic mass is 9.96. The first-order valence-corrected chi connectivity index (χ1v) is 9.59. The lowest BCUT2D eigenvalue weighted by Gasteiger charge is -2.32. The smallest absolute Gasteiger partial charge is 0.227 e. The number of nitrogens with zero attached hydrogens (tertiary/aromatic N) is 5. The number of aromatic nitrogens is 4. The lowest BCUT2D eigenvalue weighted by Crippen LogP contribution is -2.40. The van der Waals surface area contributed by atoms with Gasteiger partial charge in [0.05, 0.1) is 6.42 Å². The van der Waals surface area contributed by atoms with Gasteiger partial charge in [-0.25, -0.2) is 0 Å². The Kier molecular flexibility index (Phi) is 5.50. The fraction of sp³-hybridized carbons (Fsp3) is 0.529. The minimum Gasteiger partial charge on any atom is -0.342 e. The maximum Gasteiger partial charge on any atom is 0.227 e. The van der Waals surface area contributed by atoms with E-state index in [9.17, 15) is 4.79 Å². The van der Waals surface area contributed by atoms with Gasteiger partial charge in [-0.15, -0.1) is 10.2 Å². The molecule has 1 atom stereocenters. The van der Waals surface area contributed by atoms with Crippen molar-refractivity contribution >= 4 is 17.7 Å². The van der Waals surface area contributed by atoms with Crippen LogP contribution in [0.4, 0.5) is 0 Å². The van der Waals surface area contributed by atoms with Gasteiger partial charge in [0, 0.05) is 37.9 Å². The van der Waals surface area contributed by atoms with Gasteiger partial charge in [-0.05, 0) is 37.7 Å². The van der Waals surface area contributed by atoms with Crippen molar-refractivity contribution < 1.29 is 4.79 Å². The molecule has 24 heavy (non-hydrogen) atoms. The number of thioether (sulfide) groups is 1.